The number of hydrogen-bond acceptors (Lipinski definition) is 2. The summed E-state index contributed by atoms with van der Waals surface area (Å²) in [7, 11) is 0. The van der Waals surface area contributed by atoms with E-state index in [0.717, 1.165) is 36.0 Å². The summed E-state index contributed by atoms with van der Waals surface area (Å²) in [5.41, 5.74) is 1.73. The summed E-state index contributed by atoms with van der Waals surface area (Å²) < 4.78 is 0. The van der Waals surface area contributed by atoms with Crippen LogP contribution in [0.15, 0.2) is 29.1 Å². The van der Waals surface area contributed by atoms with Gasteiger partial charge in [0.05, 0.1) is 0 Å². The number of halogens is 1. The van der Waals surface area contributed by atoms with Crippen molar-refractivity contribution in [2.45, 2.75) is 12.3 Å². The Hall–Kier alpha value is -1.32. The van der Waals surface area contributed by atoms with Crippen molar-refractivity contribution in [3.63, 3.8) is 0 Å². The average molecular weight is 249 g/mol. The van der Waals surface area contributed by atoms with Crippen molar-refractivity contribution >= 4 is 22.5 Å². The van der Waals surface area contributed by atoms with E-state index in [0.29, 0.717) is 10.9 Å². The van der Waals surface area contributed by atoms with E-state index in [1.165, 1.54) is 0 Å². The van der Waals surface area contributed by atoms with Gasteiger partial charge in [-0.15, -0.1) is 0 Å². The Balaban J connectivity index is 2.18. The summed E-state index contributed by atoms with van der Waals surface area (Å²) in [5, 5.41) is 4.97. The molecular weight excluding hydrogens is 236 g/mol. The van der Waals surface area contributed by atoms with Gasteiger partial charge in [-0.1, -0.05) is 11.6 Å². The zero-order chi connectivity index (χ0) is 11.8. The topological polar surface area (TPSA) is 44.9 Å². The van der Waals surface area contributed by atoms with E-state index in [-0.39, 0.29) is 5.56 Å². The first-order valence-corrected chi connectivity index (χ1v) is 6.15. The molecule has 1 aromatic carbocycles. The van der Waals surface area contributed by atoms with E-state index in [4.69, 9.17) is 11.6 Å². The Kier molecular flexibility index (Phi) is 2.65. The lowest BCUT2D eigenvalue weighted by atomic mass is 9.98. The number of fused-ring (bicyclic) bond motifs is 1. The van der Waals surface area contributed by atoms with Crippen LogP contribution in [-0.4, -0.2) is 18.1 Å². The van der Waals surface area contributed by atoms with Crippen molar-refractivity contribution in [3.8, 4) is 0 Å². The van der Waals surface area contributed by atoms with Gasteiger partial charge in [0.25, 0.3) is 5.56 Å². The Labute approximate surface area is 104 Å². The number of hydrogen-bond donors (Lipinski definition) is 2. The average Bonchev–Trinajstić information content (AvgIpc) is 2.82. The molecule has 1 aliphatic rings. The molecule has 2 N–H and O–H groups in total. The molecule has 4 heteroatoms. The number of rotatable bonds is 1. The first kappa shape index (κ1) is 10.8. The Morgan fingerprint density at radius 1 is 1.29 bits per heavy atom. The van der Waals surface area contributed by atoms with Gasteiger partial charge in [0, 0.05) is 28.6 Å². The SMILES string of the molecule is O=c1[nH]c2ccc(Cl)cc2cc1C1CCNC1. The highest BCUT2D eigenvalue weighted by molar-refractivity contribution is 6.31. The summed E-state index contributed by atoms with van der Waals surface area (Å²) in [6.45, 7) is 1.87. The van der Waals surface area contributed by atoms with Gasteiger partial charge in [-0.3, -0.25) is 4.79 Å². The van der Waals surface area contributed by atoms with Crippen LogP contribution in [0.2, 0.25) is 5.02 Å². The molecular formula is C13H13ClN2O. The molecule has 0 amide bonds. The molecule has 3 nitrogen and oxygen atoms in total. The molecule has 1 atom stereocenters. The minimum Gasteiger partial charge on any atom is -0.322 e. The normalized spacial score (nSPS) is 19.9. The highest BCUT2D eigenvalue weighted by Crippen LogP contribution is 2.23. The molecule has 1 aromatic heterocycles. The van der Waals surface area contributed by atoms with Crippen molar-refractivity contribution in [3.05, 3.63) is 45.2 Å². The molecule has 1 saturated heterocycles. The van der Waals surface area contributed by atoms with Gasteiger partial charge >= 0.3 is 0 Å². The summed E-state index contributed by atoms with van der Waals surface area (Å²) in [6, 6.07) is 7.49. The Morgan fingerprint density at radius 2 is 2.18 bits per heavy atom. The van der Waals surface area contributed by atoms with Crippen LogP contribution < -0.4 is 10.9 Å². The van der Waals surface area contributed by atoms with Crippen molar-refractivity contribution in [1.29, 1.82) is 0 Å². The van der Waals surface area contributed by atoms with Crippen LogP contribution in [0.25, 0.3) is 10.9 Å². The fraction of sp³-hybridized carbons (Fsp3) is 0.308. The van der Waals surface area contributed by atoms with Crippen molar-refractivity contribution in [2.75, 3.05) is 13.1 Å². The molecule has 88 valence electrons. The van der Waals surface area contributed by atoms with Crippen LogP contribution in [0, 0.1) is 0 Å². The molecule has 0 radical (unpaired) electrons. The molecule has 1 unspecified atom stereocenters. The van der Waals surface area contributed by atoms with E-state index in [1.807, 2.05) is 18.2 Å². The second-order valence-corrected chi connectivity index (χ2v) is 4.91. The molecule has 3 rings (SSSR count). The second-order valence-electron chi connectivity index (χ2n) is 4.48. The Bertz CT molecular complexity index is 614. The first-order valence-electron chi connectivity index (χ1n) is 5.77. The lowest BCUT2D eigenvalue weighted by Crippen LogP contribution is -2.18. The van der Waals surface area contributed by atoms with Gasteiger partial charge in [0.15, 0.2) is 0 Å². The van der Waals surface area contributed by atoms with Crippen LogP contribution in [-0.2, 0) is 0 Å². The van der Waals surface area contributed by atoms with Crippen LogP contribution in [0.1, 0.15) is 17.9 Å². The fourth-order valence-corrected chi connectivity index (χ4v) is 2.60. The standard InChI is InChI=1S/C13H13ClN2O/c14-10-1-2-12-9(5-10)6-11(13(17)16-12)8-3-4-15-7-8/h1-2,5-6,8,15H,3-4,7H2,(H,16,17). The molecule has 0 bridgehead atoms. The Morgan fingerprint density at radius 3 is 2.94 bits per heavy atom. The van der Waals surface area contributed by atoms with Crippen molar-refractivity contribution in [2.24, 2.45) is 0 Å². The maximum Gasteiger partial charge on any atom is 0.251 e. The lowest BCUT2D eigenvalue weighted by molar-refractivity contribution is 0.753. The molecule has 2 aromatic rings. The first-order chi connectivity index (χ1) is 8.24. The minimum atomic E-state index is 0.0218. The number of aromatic amines is 1. The highest BCUT2D eigenvalue weighted by Gasteiger charge is 2.19. The van der Waals surface area contributed by atoms with Gasteiger partial charge in [-0.25, -0.2) is 0 Å². The van der Waals surface area contributed by atoms with Gasteiger partial charge in [-0.2, -0.15) is 0 Å². The summed E-state index contributed by atoms with van der Waals surface area (Å²) >= 11 is 5.97. The number of nitrogens with one attached hydrogen (secondary N) is 2. The zero-order valence-electron chi connectivity index (χ0n) is 9.29. The predicted molar refractivity (Wildman–Crippen MR) is 69.8 cm³/mol. The molecule has 17 heavy (non-hydrogen) atoms. The number of pyridine rings is 1. The number of H-pyrrole nitrogens is 1. The monoisotopic (exact) mass is 248 g/mol. The fourth-order valence-electron chi connectivity index (χ4n) is 2.42. The van der Waals surface area contributed by atoms with Crippen LogP contribution in [0.5, 0.6) is 0 Å². The smallest absolute Gasteiger partial charge is 0.251 e. The third-order valence-electron chi connectivity index (χ3n) is 3.34. The van der Waals surface area contributed by atoms with E-state index in [1.54, 1.807) is 6.07 Å². The van der Waals surface area contributed by atoms with Gasteiger partial charge in [-0.05, 0) is 42.6 Å². The molecule has 0 spiro atoms. The van der Waals surface area contributed by atoms with E-state index in [2.05, 4.69) is 10.3 Å². The summed E-state index contributed by atoms with van der Waals surface area (Å²) in [4.78, 5) is 14.9. The quantitative estimate of drug-likeness (QED) is 0.813. The van der Waals surface area contributed by atoms with Crippen LogP contribution in [0.3, 0.4) is 0 Å². The largest absolute Gasteiger partial charge is 0.322 e. The third kappa shape index (κ3) is 1.96. The summed E-state index contributed by atoms with van der Waals surface area (Å²) in [6.07, 6.45) is 1.02. The highest BCUT2D eigenvalue weighted by atomic mass is 35.5. The van der Waals surface area contributed by atoms with Gasteiger partial charge in [0.1, 0.15) is 0 Å². The minimum absolute atomic E-state index is 0.0218. The zero-order valence-corrected chi connectivity index (χ0v) is 10.1. The second kappa shape index (κ2) is 4.17. The maximum absolute atomic E-state index is 12.0. The lowest BCUT2D eigenvalue weighted by Gasteiger charge is -2.09. The number of benzene rings is 1. The van der Waals surface area contributed by atoms with E-state index >= 15 is 0 Å². The van der Waals surface area contributed by atoms with Crippen LogP contribution in [0.4, 0.5) is 0 Å². The third-order valence-corrected chi connectivity index (χ3v) is 3.57. The van der Waals surface area contributed by atoms with E-state index < -0.39 is 0 Å². The summed E-state index contributed by atoms with van der Waals surface area (Å²) in [5.74, 6) is 0.321. The van der Waals surface area contributed by atoms with Crippen molar-refractivity contribution < 1.29 is 0 Å². The van der Waals surface area contributed by atoms with Crippen LogP contribution >= 0.6 is 11.6 Å². The molecule has 1 aliphatic heterocycles. The van der Waals surface area contributed by atoms with Gasteiger partial charge < -0.3 is 10.3 Å². The van der Waals surface area contributed by atoms with Crippen molar-refractivity contribution in [1.82, 2.24) is 10.3 Å². The maximum atomic E-state index is 12.0. The molecule has 0 saturated carbocycles. The van der Waals surface area contributed by atoms with E-state index in [9.17, 15) is 4.79 Å². The van der Waals surface area contributed by atoms with Gasteiger partial charge in [0.2, 0.25) is 0 Å². The number of aromatic nitrogens is 1. The molecule has 0 aliphatic carbocycles. The predicted octanol–water partition coefficient (Wildman–Crippen LogP) is 2.26. The molecule has 2 heterocycles. The molecule has 1 fully saturated rings.